The van der Waals surface area contributed by atoms with Crippen LogP contribution in [0.25, 0.3) is 0 Å². The molecule has 0 heterocycles. The van der Waals surface area contributed by atoms with Crippen molar-refractivity contribution in [2.24, 2.45) is 0 Å². The molecule has 0 saturated heterocycles. The molecule has 0 aliphatic carbocycles. The molecule has 2 rings (SSSR count). The molecular weight excluding hydrogens is 309 g/mol. The molecule has 0 radical (unpaired) electrons. The molecule has 0 fully saturated rings. The number of anilines is 2. The summed E-state index contributed by atoms with van der Waals surface area (Å²) in [6.45, 7) is 0. The molecule has 2 aromatic rings. The summed E-state index contributed by atoms with van der Waals surface area (Å²) in [5.41, 5.74) is 5.07. The Kier molecular flexibility index (Phi) is 3.95. The van der Waals surface area contributed by atoms with Gasteiger partial charge in [0, 0.05) is 5.69 Å². The van der Waals surface area contributed by atoms with E-state index in [1.165, 1.54) is 18.2 Å². The molecule has 21 heavy (non-hydrogen) atoms. The third-order valence-corrected chi connectivity index (χ3v) is 2.96. The van der Waals surface area contributed by atoms with Gasteiger partial charge < -0.3 is 16.2 Å². The quantitative estimate of drug-likeness (QED) is 0.588. The summed E-state index contributed by atoms with van der Waals surface area (Å²) in [6.07, 6.45) is 0. The van der Waals surface area contributed by atoms with Crippen molar-refractivity contribution < 1.29 is 23.1 Å². The van der Waals surface area contributed by atoms with E-state index in [4.69, 9.17) is 22.4 Å². The number of benzene rings is 2. The van der Waals surface area contributed by atoms with Crippen LogP contribution in [0.2, 0.25) is 5.02 Å². The molecule has 0 aliphatic heterocycles. The van der Waals surface area contributed by atoms with Crippen molar-refractivity contribution >= 4 is 28.9 Å². The summed E-state index contributed by atoms with van der Waals surface area (Å²) >= 11 is 5.75. The zero-order chi connectivity index (χ0) is 15.7. The number of rotatable bonds is 2. The normalized spacial score (nSPS) is 10.5. The van der Waals surface area contributed by atoms with E-state index in [-0.39, 0.29) is 16.4 Å². The lowest BCUT2D eigenvalue weighted by Gasteiger charge is -2.09. The Hall–Kier alpha value is -2.41. The average Bonchev–Trinajstić information content (AvgIpc) is 2.44. The second-order valence-electron chi connectivity index (χ2n) is 4.07. The Morgan fingerprint density at radius 1 is 1.19 bits per heavy atom. The highest BCUT2D eigenvalue weighted by Crippen LogP contribution is 2.27. The van der Waals surface area contributed by atoms with Gasteiger partial charge in [0.25, 0.3) is 5.91 Å². The minimum absolute atomic E-state index is 0.154. The van der Waals surface area contributed by atoms with E-state index < -0.39 is 34.7 Å². The Balaban J connectivity index is 2.35. The largest absolute Gasteiger partial charge is 0.503 e. The second kappa shape index (κ2) is 5.53. The van der Waals surface area contributed by atoms with Crippen LogP contribution in [0.4, 0.5) is 24.5 Å². The number of hydrogen-bond donors (Lipinski definition) is 3. The number of carbonyl (C=O) groups excluding carboxylic acids is 1. The van der Waals surface area contributed by atoms with Crippen LogP contribution in [0, 0.1) is 17.5 Å². The number of nitrogens with two attached hydrogens (primary N) is 1. The van der Waals surface area contributed by atoms with Gasteiger partial charge in [0.2, 0.25) is 5.82 Å². The first kappa shape index (κ1) is 15.0. The highest BCUT2D eigenvalue weighted by molar-refractivity contribution is 6.33. The van der Waals surface area contributed by atoms with Crippen LogP contribution in [0.1, 0.15) is 10.4 Å². The monoisotopic (exact) mass is 316 g/mol. The highest BCUT2D eigenvalue weighted by atomic mass is 35.5. The lowest BCUT2D eigenvalue weighted by Crippen LogP contribution is -2.15. The molecule has 1 amide bonds. The number of hydrogen-bond acceptors (Lipinski definition) is 3. The Bertz CT molecular complexity index is 738. The summed E-state index contributed by atoms with van der Waals surface area (Å²) in [5.74, 6) is -7.51. The van der Waals surface area contributed by atoms with Crippen LogP contribution < -0.4 is 11.1 Å². The van der Waals surface area contributed by atoms with Crippen molar-refractivity contribution in [3.63, 3.8) is 0 Å². The second-order valence-corrected chi connectivity index (χ2v) is 4.48. The van der Waals surface area contributed by atoms with Gasteiger partial charge in [0.15, 0.2) is 17.4 Å². The Morgan fingerprint density at radius 2 is 1.86 bits per heavy atom. The number of phenols is 1. The smallest absolute Gasteiger partial charge is 0.258 e. The van der Waals surface area contributed by atoms with Crippen LogP contribution in [-0.2, 0) is 0 Å². The van der Waals surface area contributed by atoms with Gasteiger partial charge in [0.05, 0.1) is 16.3 Å². The molecule has 4 N–H and O–H groups in total. The van der Waals surface area contributed by atoms with Gasteiger partial charge in [-0.1, -0.05) is 11.6 Å². The molecule has 0 bridgehead atoms. The number of halogens is 4. The molecule has 0 unspecified atom stereocenters. The zero-order valence-electron chi connectivity index (χ0n) is 10.3. The number of phenolic OH excluding ortho intramolecular Hbond substituents is 1. The van der Waals surface area contributed by atoms with E-state index in [0.717, 1.165) is 0 Å². The maximum absolute atomic E-state index is 13.6. The third-order valence-electron chi connectivity index (χ3n) is 2.64. The number of nitrogens with one attached hydrogen (secondary N) is 1. The number of carbonyl (C=O) groups is 1. The standard InChI is InChI=1S/C13H8ClF3N2O2/c14-7-3-5(1-2-9(7)18)19-13(21)6-4-8(15)11(17)12(20)10(6)16/h1-4,20H,18H2,(H,19,21). The number of aromatic hydroxyl groups is 1. The first-order valence-electron chi connectivity index (χ1n) is 5.54. The van der Waals surface area contributed by atoms with Gasteiger partial charge in [-0.2, -0.15) is 4.39 Å². The highest BCUT2D eigenvalue weighted by Gasteiger charge is 2.22. The van der Waals surface area contributed by atoms with Gasteiger partial charge >= 0.3 is 0 Å². The molecule has 0 spiro atoms. The summed E-state index contributed by atoms with van der Waals surface area (Å²) in [6, 6.07) is 4.43. The fraction of sp³-hybridized carbons (Fsp3) is 0. The maximum atomic E-state index is 13.6. The fourth-order valence-corrected chi connectivity index (χ4v) is 1.74. The van der Waals surface area contributed by atoms with E-state index >= 15 is 0 Å². The number of amides is 1. The Labute approximate surface area is 121 Å². The average molecular weight is 317 g/mol. The van der Waals surface area contributed by atoms with Gasteiger partial charge in [0.1, 0.15) is 0 Å². The third kappa shape index (κ3) is 2.87. The summed E-state index contributed by atoms with van der Waals surface area (Å²) in [5, 5.41) is 11.4. The van der Waals surface area contributed by atoms with Gasteiger partial charge in [-0.05, 0) is 24.3 Å². The van der Waals surface area contributed by atoms with Crippen LogP contribution in [0.5, 0.6) is 5.75 Å². The van der Waals surface area contributed by atoms with Gasteiger partial charge in [-0.15, -0.1) is 0 Å². The molecule has 0 aromatic heterocycles. The first-order chi connectivity index (χ1) is 9.81. The van der Waals surface area contributed by atoms with Crippen molar-refractivity contribution in [1.29, 1.82) is 0 Å². The van der Waals surface area contributed by atoms with Crippen molar-refractivity contribution in [3.8, 4) is 5.75 Å². The summed E-state index contributed by atoms with van der Waals surface area (Å²) in [4.78, 5) is 11.8. The van der Waals surface area contributed by atoms with Crippen molar-refractivity contribution in [1.82, 2.24) is 0 Å². The molecule has 0 aliphatic rings. The lowest BCUT2D eigenvalue weighted by molar-refractivity contribution is 0.102. The molecule has 0 atom stereocenters. The summed E-state index contributed by atoms with van der Waals surface area (Å²) < 4.78 is 39.6. The van der Waals surface area contributed by atoms with Crippen LogP contribution >= 0.6 is 11.6 Å². The van der Waals surface area contributed by atoms with Crippen molar-refractivity contribution in [2.45, 2.75) is 0 Å². The minimum atomic E-state index is -1.76. The van der Waals surface area contributed by atoms with Crippen LogP contribution in [0.15, 0.2) is 24.3 Å². The van der Waals surface area contributed by atoms with E-state index in [1.54, 1.807) is 0 Å². The first-order valence-corrected chi connectivity index (χ1v) is 5.92. The topological polar surface area (TPSA) is 75.3 Å². The molecule has 110 valence electrons. The zero-order valence-corrected chi connectivity index (χ0v) is 11.0. The molecular formula is C13H8ClF3N2O2. The molecule has 0 saturated carbocycles. The van der Waals surface area contributed by atoms with Crippen LogP contribution in [0.3, 0.4) is 0 Å². The maximum Gasteiger partial charge on any atom is 0.258 e. The van der Waals surface area contributed by atoms with Gasteiger partial charge in [-0.3, -0.25) is 4.79 Å². The molecule has 2 aromatic carbocycles. The van der Waals surface area contributed by atoms with Crippen molar-refractivity contribution in [2.75, 3.05) is 11.1 Å². The minimum Gasteiger partial charge on any atom is -0.503 e. The van der Waals surface area contributed by atoms with Crippen LogP contribution in [-0.4, -0.2) is 11.0 Å². The lowest BCUT2D eigenvalue weighted by atomic mass is 10.1. The van der Waals surface area contributed by atoms with E-state index in [1.807, 2.05) is 0 Å². The fourth-order valence-electron chi connectivity index (χ4n) is 1.56. The SMILES string of the molecule is Nc1ccc(NC(=O)c2cc(F)c(F)c(O)c2F)cc1Cl. The van der Waals surface area contributed by atoms with E-state index in [9.17, 15) is 18.0 Å². The molecule has 4 nitrogen and oxygen atoms in total. The Morgan fingerprint density at radius 3 is 2.48 bits per heavy atom. The van der Waals surface area contributed by atoms with Gasteiger partial charge in [-0.25, -0.2) is 8.78 Å². The van der Waals surface area contributed by atoms with Crippen molar-refractivity contribution in [3.05, 3.63) is 52.3 Å². The number of nitrogen functional groups attached to an aromatic ring is 1. The van der Waals surface area contributed by atoms with E-state index in [2.05, 4.69) is 5.32 Å². The summed E-state index contributed by atoms with van der Waals surface area (Å²) in [7, 11) is 0. The predicted octanol–water partition coefficient (Wildman–Crippen LogP) is 3.30. The molecule has 8 heteroatoms. The predicted molar refractivity (Wildman–Crippen MR) is 71.8 cm³/mol. The van der Waals surface area contributed by atoms with E-state index in [0.29, 0.717) is 6.07 Å².